The van der Waals surface area contributed by atoms with Gasteiger partial charge >= 0.3 is 5.97 Å². The molecule has 0 unspecified atom stereocenters. The number of ether oxygens (including phenoxy) is 1. The number of aromatic nitrogens is 2. The molecular formula is C37H40N4O5S. The van der Waals surface area contributed by atoms with E-state index in [0.717, 1.165) is 45.7 Å². The maximum Gasteiger partial charge on any atom is 0.310 e. The van der Waals surface area contributed by atoms with Crippen molar-refractivity contribution in [3.8, 4) is 28.3 Å². The van der Waals surface area contributed by atoms with E-state index in [1.165, 1.54) is 29.1 Å². The summed E-state index contributed by atoms with van der Waals surface area (Å²) in [6.07, 6.45) is 8.90. The molecule has 3 heterocycles. The minimum atomic E-state index is -0.921. The third-order valence-electron chi connectivity index (χ3n) is 8.81. The van der Waals surface area contributed by atoms with Gasteiger partial charge in [-0.25, -0.2) is 9.97 Å². The number of benzene rings is 2. The average Bonchev–Trinajstić information content (AvgIpc) is 3.74. The van der Waals surface area contributed by atoms with Gasteiger partial charge in [0.2, 0.25) is 5.91 Å². The Labute approximate surface area is 279 Å². The lowest BCUT2D eigenvalue weighted by Gasteiger charge is -2.38. The molecule has 244 valence electrons. The van der Waals surface area contributed by atoms with Crippen molar-refractivity contribution in [2.75, 3.05) is 13.1 Å². The SMILES string of the molecule is CC(C)(C)c1ccc(C(=O)N[C@@H](Cc2ccc(-c3ncc(-c4ccc(OC5CCCC5)cc4)cn3)cc2)C(=O)N2CC(C(=O)O)C2)s1. The predicted octanol–water partition coefficient (Wildman–Crippen LogP) is 6.38. The molecule has 47 heavy (non-hydrogen) atoms. The number of amides is 2. The van der Waals surface area contributed by atoms with Gasteiger partial charge < -0.3 is 20.1 Å². The molecule has 1 saturated carbocycles. The van der Waals surface area contributed by atoms with Gasteiger partial charge in [0.1, 0.15) is 11.8 Å². The number of carbonyl (C=O) groups excluding carboxylic acids is 2. The number of carboxylic acids is 1. The van der Waals surface area contributed by atoms with Crippen molar-refractivity contribution in [3.63, 3.8) is 0 Å². The van der Waals surface area contributed by atoms with E-state index in [2.05, 4.69) is 36.1 Å². The van der Waals surface area contributed by atoms with Crippen LogP contribution in [0.1, 0.15) is 66.6 Å². The lowest BCUT2D eigenvalue weighted by Crippen LogP contribution is -2.59. The van der Waals surface area contributed by atoms with Crippen molar-refractivity contribution >= 4 is 29.1 Å². The zero-order valence-electron chi connectivity index (χ0n) is 26.9. The fraction of sp³-hybridized carbons (Fsp3) is 0.378. The predicted molar refractivity (Wildman–Crippen MR) is 181 cm³/mol. The molecular weight excluding hydrogens is 612 g/mol. The van der Waals surface area contributed by atoms with Crippen LogP contribution in [0.2, 0.25) is 0 Å². The molecule has 1 atom stereocenters. The molecule has 4 aromatic rings. The van der Waals surface area contributed by atoms with Crippen LogP contribution < -0.4 is 10.1 Å². The molecule has 1 aliphatic carbocycles. The van der Waals surface area contributed by atoms with Crippen molar-refractivity contribution in [2.24, 2.45) is 5.92 Å². The summed E-state index contributed by atoms with van der Waals surface area (Å²) in [7, 11) is 0. The van der Waals surface area contributed by atoms with E-state index in [9.17, 15) is 19.5 Å². The summed E-state index contributed by atoms with van der Waals surface area (Å²) in [4.78, 5) is 50.4. The Bertz CT molecular complexity index is 1720. The third kappa shape index (κ3) is 7.71. The first-order chi connectivity index (χ1) is 22.5. The summed E-state index contributed by atoms with van der Waals surface area (Å²) in [6, 6.07) is 18.6. The van der Waals surface area contributed by atoms with Gasteiger partial charge in [0.25, 0.3) is 5.91 Å². The number of carboxylic acid groups (broad SMARTS) is 1. The Morgan fingerprint density at radius 3 is 2.15 bits per heavy atom. The van der Waals surface area contributed by atoms with Crippen molar-refractivity contribution < 1.29 is 24.2 Å². The molecule has 0 bridgehead atoms. The van der Waals surface area contributed by atoms with E-state index in [0.29, 0.717) is 16.8 Å². The molecule has 0 radical (unpaired) electrons. The van der Waals surface area contributed by atoms with Crippen LogP contribution in [0.4, 0.5) is 0 Å². The fourth-order valence-corrected chi connectivity index (χ4v) is 6.87. The number of thiophene rings is 1. The molecule has 2 aromatic heterocycles. The normalized spacial score (nSPS) is 16.0. The van der Waals surface area contributed by atoms with Crippen LogP contribution >= 0.6 is 11.3 Å². The number of hydrogen-bond acceptors (Lipinski definition) is 7. The van der Waals surface area contributed by atoms with Crippen molar-refractivity contribution in [3.05, 3.63) is 88.4 Å². The first kappa shape index (κ1) is 32.4. The number of nitrogens with one attached hydrogen (secondary N) is 1. The molecule has 2 N–H and O–H groups in total. The highest BCUT2D eigenvalue weighted by molar-refractivity contribution is 7.14. The second kappa shape index (κ2) is 13.7. The molecule has 10 heteroatoms. The smallest absolute Gasteiger partial charge is 0.310 e. The van der Waals surface area contributed by atoms with E-state index in [1.807, 2.05) is 54.6 Å². The van der Waals surface area contributed by atoms with E-state index in [-0.39, 0.29) is 36.7 Å². The van der Waals surface area contributed by atoms with Crippen molar-refractivity contribution in [2.45, 2.75) is 70.4 Å². The number of likely N-dealkylation sites (tertiary alicyclic amines) is 1. The second-order valence-electron chi connectivity index (χ2n) is 13.5. The molecule has 2 fully saturated rings. The average molecular weight is 653 g/mol. The lowest BCUT2D eigenvalue weighted by atomic mass is 9.95. The molecule has 6 rings (SSSR count). The zero-order chi connectivity index (χ0) is 33.1. The lowest BCUT2D eigenvalue weighted by molar-refractivity contribution is -0.153. The summed E-state index contributed by atoms with van der Waals surface area (Å²) in [5.74, 6) is -0.643. The standard InChI is InChI=1S/C37H40N4O5S/c1-37(2,3)32-17-16-31(47-32)34(42)40-30(35(43)41-21-27(22-41)36(44)45)18-23-8-10-25(11-9-23)33-38-19-26(20-39-33)24-12-14-29(15-13-24)46-28-6-4-5-7-28/h8-17,19-20,27-28,30H,4-7,18,21-22H2,1-3H3,(H,40,42)(H,44,45)/t30-/m0/s1. The first-order valence-electron chi connectivity index (χ1n) is 16.1. The van der Waals surface area contributed by atoms with Crippen molar-refractivity contribution in [1.29, 1.82) is 0 Å². The molecule has 1 saturated heterocycles. The van der Waals surface area contributed by atoms with Gasteiger partial charge in [0.05, 0.1) is 16.9 Å². The van der Waals surface area contributed by atoms with Gasteiger partial charge in [0.15, 0.2) is 5.82 Å². The molecule has 2 aromatic carbocycles. The largest absolute Gasteiger partial charge is 0.490 e. The Morgan fingerprint density at radius 1 is 0.915 bits per heavy atom. The maximum absolute atomic E-state index is 13.5. The summed E-state index contributed by atoms with van der Waals surface area (Å²) < 4.78 is 6.08. The summed E-state index contributed by atoms with van der Waals surface area (Å²) in [6.45, 7) is 6.54. The molecule has 2 aliphatic rings. The highest BCUT2D eigenvalue weighted by Crippen LogP contribution is 2.30. The van der Waals surface area contributed by atoms with Gasteiger partial charge in [-0.3, -0.25) is 14.4 Å². The van der Waals surface area contributed by atoms with Crippen LogP contribution in [0.5, 0.6) is 5.75 Å². The van der Waals surface area contributed by atoms with E-state index < -0.39 is 17.9 Å². The third-order valence-corrected chi connectivity index (χ3v) is 10.3. The number of carbonyl (C=O) groups is 3. The van der Waals surface area contributed by atoms with E-state index in [1.54, 1.807) is 18.5 Å². The van der Waals surface area contributed by atoms with Gasteiger partial charge in [0, 0.05) is 47.9 Å². The monoisotopic (exact) mass is 652 g/mol. The number of nitrogens with zero attached hydrogens (tertiary/aromatic N) is 3. The quantitative estimate of drug-likeness (QED) is 0.204. The van der Waals surface area contributed by atoms with E-state index in [4.69, 9.17) is 4.74 Å². The highest BCUT2D eigenvalue weighted by Gasteiger charge is 2.39. The summed E-state index contributed by atoms with van der Waals surface area (Å²) in [5.41, 5.74) is 3.50. The topological polar surface area (TPSA) is 122 Å². The Hall–Kier alpha value is -4.57. The molecule has 9 nitrogen and oxygen atoms in total. The van der Waals surface area contributed by atoms with Gasteiger partial charge in [-0.15, -0.1) is 11.3 Å². The van der Waals surface area contributed by atoms with Crippen molar-refractivity contribution in [1.82, 2.24) is 20.2 Å². The highest BCUT2D eigenvalue weighted by atomic mass is 32.1. The molecule has 1 aliphatic heterocycles. The minimum absolute atomic E-state index is 0.0943. The van der Waals surface area contributed by atoms with Gasteiger partial charge in [-0.1, -0.05) is 57.2 Å². The molecule has 2 amide bonds. The minimum Gasteiger partial charge on any atom is -0.490 e. The van der Waals surface area contributed by atoms with Crippen LogP contribution in [0.15, 0.2) is 73.1 Å². The fourth-order valence-electron chi connectivity index (χ4n) is 5.90. The van der Waals surface area contributed by atoms with E-state index >= 15 is 0 Å². The first-order valence-corrected chi connectivity index (χ1v) is 17.0. The van der Waals surface area contributed by atoms with Crippen LogP contribution in [-0.2, 0) is 21.4 Å². The van der Waals surface area contributed by atoms with Gasteiger partial charge in [-0.05, 0) is 66.5 Å². The Balaban J connectivity index is 1.12. The van der Waals surface area contributed by atoms with Crippen LogP contribution in [0.25, 0.3) is 22.5 Å². The van der Waals surface area contributed by atoms with Crippen LogP contribution in [0.3, 0.4) is 0 Å². The number of aliphatic carboxylic acids is 1. The second-order valence-corrected chi connectivity index (χ2v) is 14.5. The maximum atomic E-state index is 13.5. The summed E-state index contributed by atoms with van der Waals surface area (Å²) in [5, 5.41) is 12.2. The van der Waals surface area contributed by atoms with Gasteiger partial charge in [-0.2, -0.15) is 0 Å². The summed E-state index contributed by atoms with van der Waals surface area (Å²) >= 11 is 1.41. The molecule has 0 spiro atoms. The zero-order valence-corrected chi connectivity index (χ0v) is 27.8. The Kier molecular flexibility index (Phi) is 9.40. The van der Waals surface area contributed by atoms with Crippen LogP contribution in [0, 0.1) is 5.92 Å². The number of hydrogen-bond donors (Lipinski definition) is 2. The number of rotatable bonds is 10. The Morgan fingerprint density at radius 2 is 1.55 bits per heavy atom. The van der Waals surface area contributed by atoms with Crippen LogP contribution in [-0.4, -0.2) is 63.0 Å².